The van der Waals surface area contributed by atoms with E-state index in [1.54, 1.807) is 27.7 Å². The molecule has 0 bridgehead atoms. The molecular formula is C16H23NO4. The maximum Gasteiger partial charge on any atom is 0.338 e. The Bertz CT molecular complexity index is 493. The van der Waals surface area contributed by atoms with Crippen LogP contribution in [0.3, 0.4) is 0 Å². The molecule has 1 aromatic carbocycles. The Morgan fingerprint density at radius 2 is 1.67 bits per heavy atom. The second kappa shape index (κ2) is 6.72. The average molecular weight is 293 g/mol. The van der Waals surface area contributed by atoms with Gasteiger partial charge in [0.1, 0.15) is 12.2 Å². The summed E-state index contributed by atoms with van der Waals surface area (Å²) in [6, 6.07) is 9.19. The maximum absolute atomic E-state index is 12.1. The molecule has 1 atom stereocenters. The number of ether oxygens (including phenoxy) is 2. The molecule has 1 aromatic rings. The molecule has 0 radical (unpaired) electrons. The van der Waals surface area contributed by atoms with E-state index >= 15 is 0 Å². The van der Waals surface area contributed by atoms with Gasteiger partial charge in [-0.05, 0) is 32.8 Å². The highest BCUT2D eigenvalue weighted by Crippen LogP contribution is 2.18. The van der Waals surface area contributed by atoms with Crippen molar-refractivity contribution in [2.75, 3.05) is 0 Å². The molecule has 0 aromatic heterocycles. The Kier molecular flexibility index (Phi) is 5.49. The SMILES string of the molecule is CCC(N)(C(=O)OCc1ccccc1)C(=O)OC(C)(C)C. The second-order valence-electron chi connectivity index (χ2n) is 5.89. The first kappa shape index (κ1) is 17.2. The molecule has 1 unspecified atom stereocenters. The van der Waals surface area contributed by atoms with Gasteiger partial charge in [0.15, 0.2) is 0 Å². The first-order valence-corrected chi connectivity index (χ1v) is 6.92. The number of rotatable bonds is 5. The van der Waals surface area contributed by atoms with Crippen molar-refractivity contribution in [3.63, 3.8) is 0 Å². The highest BCUT2D eigenvalue weighted by Gasteiger charge is 2.45. The molecule has 1 rings (SSSR count). The molecule has 0 fully saturated rings. The van der Waals surface area contributed by atoms with Crippen LogP contribution in [0.1, 0.15) is 39.7 Å². The quantitative estimate of drug-likeness (QED) is 0.665. The van der Waals surface area contributed by atoms with Crippen LogP contribution in [0, 0.1) is 0 Å². The van der Waals surface area contributed by atoms with Crippen molar-refractivity contribution < 1.29 is 19.1 Å². The number of hydrogen-bond acceptors (Lipinski definition) is 5. The van der Waals surface area contributed by atoms with E-state index in [2.05, 4.69) is 0 Å². The molecular weight excluding hydrogens is 270 g/mol. The molecule has 21 heavy (non-hydrogen) atoms. The van der Waals surface area contributed by atoms with Gasteiger partial charge in [-0.2, -0.15) is 0 Å². The summed E-state index contributed by atoms with van der Waals surface area (Å²) in [5, 5.41) is 0. The zero-order chi connectivity index (χ0) is 16.1. The fraction of sp³-hybridized carbons (Fsp3) is 0.500. The molecule has 0 amide bonds. The number of nitrogens with two attached hydrogens (primary N) is 1. The van der Waals surface area contributed by atoms with E-state index < -0.39 is 23.1 Å². The van der Waals surface area contributed by atoms with Crippen molar-refractivity contribution in [3.05, 3.63) is 35.9 Å². The van der Waals surface area contributed by atoms with Crippen LogP contribution in [-0.4, -0.2) is 23.1 Å². The van der Waals surface area contributed by atoms with E-state index in [1.165, 1.54) is 0 Å². The standard InChI is InChI=1S/C16H23NO4/c1-5-16(17,14(19)21-15(2,3)4)13(18)20-11-12-9-7-6-8-10-12/h6-10H,5,11,17H2,1-4H3. The van der Waals surface area contributed by atoms with Gasteiger partial charge in [0.2, 0.25) is 5.54 Å². The van der Waals surface area contributed by atoms with Gasteiger partial charge in [0.05, 0.1) is 0 Å². The predicted octanol–water partition coefficient (Wildman–Crippen LogP) is 2.18. The maximum atomic E-state index is 12.1. The minimum absolute atomic E-state index is 0.0709. The fourth-order valence-corrected chi connectivity index (χ4v) is 1.59. The van der Waals surface area contributed by atoms with Gasteiger partial charge in [-0.15, -0.1) is 0 Å². The normalized spacial score (nSPS) is 14.1. The van der Waals surface area contributed by atoms with Gasteiger partial charge in [-0.3, -0.25) is 0 Å². The van der Waals surface area contributed by atoms with E-state index in [4.69, 9.17) is 15.2 Å². The molecule has 0 saturated carbocycles. The van der Waals surface area contributed by atoms with E-state index in [-0.39, 0.29) is 13.0 Å². The highest BCUT2D eigenvalue weighted by atomic mass is 16.6. The largest absolute Gasteiger partial charge is 0.459 e. The van der Waals surface area contributed by atoms with Crippen LogP contribution in [0.15, 0.2) is 30.3 Å². The zero-order valence-electron chi connectivity index (χ0n) is 13.0. The third-order valence-electron chi connectivity index (χ3n) is 2.90. The van der Waals surface area contributed by atoms with Gasteiger partial charge < -0.3 is 15.2 Å². The van der Waals surface area contributed by atoms with Crippen molar-refractivity contribution in [1.29, 1.82) is 0 Å². The lowest BCUT2D eigenvalue weighted by molar-refractivity contribution is -0.172. The smallest absolute Gasteiger partial charge is 0.338 e. The lowest BCUT2D eigenvalue weighted by atomic mass is 9.97. The number of hydrogen-bond donors (Lipinski definition) is 1. The summed E-state index contributed by atoms with van der Waals surface area (Å²) in [7, 11) is 0. The minimum atomic E-state index is -1.78. The molecule has 5 heteroatoms. The van der Waals surface area contributed by atoms with Gasteiger partial charge >= 0.3 is 11.9 Å². The van der Waals surface area contributed by atoms with Crippen molar-refractivity contribution in [1.82, 2.24) is 0 Å². The molecule has 0 saturated heterocycles. The molecule has 0 aliphatic heterocycles. The summed E-state index contributed by atoms with van der Waals surface area (Å²) in [5.74, 6) is -1.54. The summed E-state index contributed by atoms with van der Waals surface area (Å²) in [4.78, 5) is 24.3. The fourth-order valence-electron chi connectivity index (χ4n) is 1.59. The van der Waals surface area contributed by atoms with E-state index in [1.807, 2.05) is 30.3 Å². The second-order valence-corrected chi connectivity index (χ2v) is 5.89. The topological polar surface area (TPSA) is 78.6 Å². The molecule has 2 N–H and O–H groups in total. The summed E-state index contributed by atoms with van der Waals surface area (Å²) in [6.45, 7) is 6.87. The number of esters is 2. The van der Waals surface area contributed by atoms with Crippen molar-refractivity contribution in [2.24, 2.45) is 5.73 Å². The van der Waals surface area contributed by atoms with Gasteiger partial charge in [0.25, 0.3) is 0 Å². The van der Waals surface area contributed by atoms with Gasteiger partial charge in [-0.1, -0.05) is 37.3 Å². The van der Waals surface area contributed by atoms with Gasteiger partial charge in [-0.25, -0.2) is 9.59 Å². The summed E-state index contributed by atoms with van der Waals surface area (Å²) in [5.41, 5.74) is 4.25. The van der Waals surface area contributed by atoms with E-state index in [0.29, 0.717) is 0 Å². The van der Waals surface area contributed by atoms with Crippen LogP contribution >= 0.6 is 0 Å². The van der Waals surface area contributed by atoms with Crippen LogP contribution < -0.4 is 5.73 Å². The molecule has 116 valence electrons. The lowest BCUT2D eigenvalue weighted by Crippen LogP contribution is -2.57. The van der Waals surface area contributed by atoms with Crippen LogP contribution in [0.2, 0.25) is 0 Å². The first-order chi connectivity index (χ1) is 9.69. The molecule has 0 aliphatic carbocycles. The lowest BCUT2D eigenvalue weighted by Gasteiger charge is -2.28. The molecule has 0 aliphatic rings. The zero-order valence-corrected chi connectivity index (χ0v) is 13.0. The third-order valence-corrected chi connectivity index (χ3v) is 2.90. The molecule has 5 nitrogen and oxygen atoms in total. The van der Waals surface area contributed by atoms with Crippen LogP contribution in [-0.2, 0) is 25.7 Å². The van der Waals surface area contributed by atoms with Crippen molar-refractivity contribution in [2.45, 2.75) is 51.9 Å². The highest BCUT2D eigenvalue weighted by molar-refractivity contribution is 6.04. The Balaban J connectivity index is 2.73. The first-order valence-electron chi connectivity index (χ1n) is 6.92. The van der Waals surface area contributed by atoms with Crippen molar-refractivity contribution in [3.8, 4) is 0 Å². The van der Waals surface area contributed by atoms with Crippen molar-refractivity contribution >= 4 is 11.9 Å². The van der Waals surface area contributed by atoms with Gasteiger partial charge in [0, 0.05) is 0 Å². The predicted molar refractivity (Wildman–Crippen MR) is 79.3 cm³/mol. The number of carbonyl (C=O) groups is 2. The Labute approximate surface area is 125 Å². The van der Waals surface area contributed by atoms with E-state index in [9.17, 15) is 9.59 Å². The summed E-state index contributed by atoms with van der Waals surface area (Å²) >= 11 is 0. The van der Waals surface area contributed by atoms with Crippen LogP contribution in [0.25, 0.3) is 0 Å². The van der Waals surface area contributed by atoms with Crippen LogP contribution in [0.5, 0.6) is 0 Å². The average Bonchev–Trinajstić information content (AvgIpc) is 2.43. The summed E-state index contributed by atoms with van der Waals surface area (Å²) in [6.07, 6.45) is 0.107. The molecule has 0 spiro atoms. The number of benzene rings is 1. The van der Waals surface area contributed by atoms with Crippen LogP contribution in [0.4, 0.5) is 0 Å². The Morgan fingerprint density at radius 1 is 1.10 bits per heavy atom. The minimum Gasteiger partial charge on any atom is -0.459 e. The monoisotopic (exact) mass is 293 g/mol. The Hall–Kier alpha value is -1.88. The van der Waals surface area contributed by atoms with E-state index in [0.717, 1.165) is 5.56 Å². The third kappa shape index (κ3) is 4.86. The molecule has 0 heterocycles. The number of carbonyl (C=O) groups excluding carboxylic acids is 2. The Morgan fingerprint density at radius 3 is 2.14 bits per heavy atom. The summed E-state index contributed by atoms with van der Waals surface area (Å²) < 4.78 is 10.4.